The lowest BCUT2D eigenvalue weighted by Gasteiger charge is -2.38. The maximum absolute atomic E-state index is 15.0. The van der Waals surface area contributed by atoms with Gasteiger partial charge < -0.3 is 25.0 Å². The molecule has 3 atom stereocenters. The molecular formula is C28H43ClF3N3O3. The minimum Gasteiger partial charge on any atom is -0.382 e. The Kier molecular flexibility index (Phi) is 12.5. The van der Waals surface area contributed by atoms with E-state index in [-0.39, 0.29) is 41.8 Å². The lowest BCUT2D eigenvalue weighted by molar-refractivity contribution is -0.0473. The van der Waals surface area contributed by atoms with E-state index in [0.29, 0.717) is 70.7 Å². The Bertz CT molecular complexity index is 869. The summed E-state index contributed by atoms with van der Waals surface area (Å²) in [7, 11) is 1.82. The second kappa shape index (κ2) is 15.3. The van der Waals surface area contributed by atoms with Gasteiger partial charge in [-0.15, -0.1) is 0 Å². The molecule has 0 bridgehead atoms. The van der Waals surface area contributed by atoms with E-state index >= 15 is 4.39 Å². The van der Waals surface area contributed by atoms with Crippen LogP contribution in [0.15, 0.2) is 18.2 Å². The molecule has 1 aromatic carbocycles. The highest BCUT2D eigenvalue weighted by Crippen LogP contribution is 2.38. The Morgan fingerprint density at radius 3 is 2.71 bits per heavy atom. The van der Waals surface area contributed by atoms with Crippen molar-refractivity contribution in [2.45, 2.75) is 76.4 Å². The van der Waals surface area contributed by atoms with Gasteiger partial charge in [-0.05, 0) is 64.5 Å². The van der Waals surface area contributed by atoms with E-state index < -0.39 is 17.8 Å². The molecule has 6 nitrogen and oxygen atoms in total. The summed E-state index contributed by atoms with van der Waals surface area (Å²) in [6.45, 7) is 5.11. The number of amides is 2. The van der Waals surface area contributed by atoms with Crippen LogP contribution in [-0.4, -0.2) is 69.4 Å². The van der Waals surface area contributed by atoms with Crippen molar-refractivity contribution < 1.29 is 27.4 Å². The third-order valence-electron chi connectivity index (χ3n) is 7.63. The van der Waals surface area contributed by atoms with Crippen LogP contribution in [0.25, 0.3) is 0 Å². The van der Waals surface area contributed by atoms with Gasteiger partial charge in [-0.2, -0.15) is 0 Å². The van der Waals surface area contributed by atoms with Gasteiger partial charge in [0, 0.05) is 69.8 Å². The second-order valence-corrected chi connectivity index (χ2v) is 11.0. The first-order valence-corrected chi connectivity index (χ1v) is 14.3. The molecule has 10 heteroatoms. The Labute approximate surface area is 229 Å². The maximum atomic E-state index is 15.0. The molecule has 1 heterocycles. The number of urea groups is 1. The molecule has 0 aromatic heterocycles. The number of ether oxygens (including phenoxy) is 2. The summed E-state index contributed by atoms with van der Waals surface area (Å²) in [5.74, 6) is -2.98. The quantitative estimate of drug-likeness (QED) is 0.282. The SMILES string of the molecule is CCOCCCOC(c1cccc(Cl)c1F)C1CCCN(C(=O)NC(CNC)CC2CCC(F)(F)CC2)C1. The second-order valence-electron chi connectivity index (χ2n) is 10.6. The molecule has 1 aliphatic carbocycles. The fourth-order valence-electron chi connectivity index (χ4n) is 5.62. The number of benzene rings is 1. The van der Waals surface area contributed by atoms with Crippen molar-refractivity contribution in [2.75, 3.05) is 46.5 Å². The molecule has 2 aliphatic rings. The van der Waals surface area contributed by atoms with E-state index in [1.165, 1.54) is 6.07 Å². The van der Waals surface area contributed by atoms with Gasteiger partial charge >= 0.3 is 6.03 Å². The molecule has 1 aliphatic heterocycles. The summed E-state index contributed by atoms with van der Waals surface area (Å²) in [6.07, 6.45) is 3.15. The van der Waals surface area contributed by atoms with Gasteiger partial charge in [-0.3, -0.25) is 0 Å². The van der Waals surface area contributed by atoms with Crippen molar-refractivity contribution in [3.63, 3.8) is 0 Å². The number of hydrogen-bond donors (Lipinski definition) is 2. The number of nitrogens with one attached hydrogen (secondary N) is 2. The molecule has 2 fully saturated rings. The highest BCUT2D eigenvalue weighted by atomic mass is 35.5. The van der Waals surface area contributed by atoms with Crippen LogP contribution in [0.1, 0.15) is 70.0 Å². The Morgan fingerprint density at radius 1 is 1.24 bits per heavy atom. The van der Waals surface area contributed by atoms with Crippen LogP contribution in [0.2, 0.25) is 5.02 Å². The number of alkyl halides is 2. The van der Waals surface area contributed by atoms with E-state index in [4.69, 9.17) is 21.1 Å². The molecule has 2 amide bonds. The summed E-state index contributed by atoms with van der Waals surface area (Å²) < 4.78 is 53.8. The van der Waals surface area contributed by atoms with Crippen LogP contribution in [0, 0.1) is 17.7 Å². The number of rotatable bonds is 13. The zero-order valence-corrected chi connectivity index (χ0v) is 23.4. The van der Waals surface area contributed by atoms with Crippen molar-refractivity contribution in [1.82, 2.24) is 15.5 Å². The Balaban J connectivity index is 1.64. The van der Waals surface area contributed by atoms with Crippen molar-refractivity contribution >= 4 is 17.6 Å². The van der Waals surface area contributed by atoms with Gasteiger partial charge in [-0.25, -0.2) is 18.0 Å². The first-order chi connectivity index (χ1) is 18.2. The zero-order chi connectivity index (χ0) is 27.5. The van der Waals surface area contributed by atoms with Gasteiger partial charge in [0.05, 0.1) is 11.1 Å². The van der Waals surface area contributed by atoms with E-state index in [2.05, 4.69) is 10.6 Å². The molecule has 0 spiro atoms. The Hall–Kier alpha value is -1.55. The fraction of sp³-hybridized carbons (Fsp3) is 0.750. The fourth-order valence-corrected chi connectivity index (χ4v) is 5.80. The van der Waals surface area contributed by atoms with Gasteiger partial charge in [0.25, 0.3) is 0 Å². The molecule has 0 radical (unpaired) electrons. The first kappa shape index (κ1) is 31.0. The molecule has 38 heavy (non-hydrogen) atoms. The maximum Gasteiger partial charge on any atom is 0.317 e. The Morgan fingerprint density at radius 2 is 2.00 bits per heavy atom. The number of likely N-dealkylation sites (tertiary alicyclic amines) is 1. The van der Waals surface area contributed by atoms with Crippen molar-refractivity contribution in [3.8, 4) is 0 Å². The van der Waals surface area contributed by atoms with Gasteiger partial charge in [0.1, 0.15) is 5.82 Å². The van der Waals surface area contributed by atoms with E-state index in [0.717, 1.165) is 12.8 Å². The molecule has 2 N–H and O–H groups in total. The monoisotopic (exact) mass is 561 g/mol. The minimum atomic E-state index is -2.56. The van der Waals surface area contributed by atoms with Crippen molar-refractivity contribution in [3.05, 3.63) is 34.6 Å². The number of carbonyl (C=O) groups excluding carboxylic acids is 1. The number of carbonyl (C=O) groups is 1. The van der Waals surface area contributed by atoms with Crippen molar-refractivity contribution in [2.24, 2.45) is 11.8 Å². The van der Waals surface area contributed by atoms with E-state index in [1.807, 2.05) is 14.0 Å². The van der Waals surface area contributed by atoms with Gasteiger partial charge in [-0.1, -0.05) is 23.7 Å². The van der Waals surface area contributed by atoms with E-state index in [1.54, 1.807) is 17.0 Å². The summed E-state index contributed by atoms with van der Waals surface area (Å²) in [4.78, 5) is 15.1. The smallest absolute Gasteiger partial charge is 0.317 e. The van der Waals surface area contributed by atoms with Crippen LogP contribution >= 0.6 is 11.6 Å². The standard InChI is InChI=1S/C28H43ClF3N3O3/c1-3-37-15-6-16-38-26(23-8-4-9-24(29)25(23)30)21-7-5-14-35(19-21)27(36)34-22(18-33-2)17-20-10-12-28(31,32)13-11-20/h4,8-9,20-22,26,33H,3,5-7,10-19H2,1-2H3,(H,34,36). The van der Waals surface area contributed by atoms with Crippen LogP contribution in [0.5, 0.6) is 0 Å². The minimum absolute atomic E-state index is 0.0474. The molecule has 1 saturated carbocycles. The van der Waals surface area contributed by atoms with Crippen LogP contribution in [-0.2, 0) is 9.47 Å². The molecule has 3 unspecified atom stereocenters. The first-order valence-electron chi connectivity index (χ1n) is 13.9. The third kappa shape index (κ3) is 9.28. The number of hydrogen-bond acceptors (Lipinski definition) is 4. The van der Waals surface area contributed by atoms with Crippen LogP contribution in [0.4, 0.5) is 18.0 Å². The summed E-state index contributed by atoms with van der Waals surface area (Å²) in [5, 5.41) is 6.29. The highest BCUT2D eigenvalue weighted by molar-refractivity contribution is 6.30. The predicted molar refractivity (Wildman–Crippen MR) is 143 cm³/mol. The summed E-state index contributed by atoms with van der Waals surface area (Å²) in [5.41, 5.74) is 0.406. The van der Waals surface area contributed by atoms with Crippen LogP contribution in [0.3, 0.4) is 0 Å². The largest absolute Gasteiger partial charge is 0.382 e. The average Bonchev–Trinajstić information content (AvgIpc) is 2.89. The number of piperidine rings is 1. The molecule has 1 aromatic rings. The average molecular weight is 562 g/mol. The topological polar surface area (TPSA) is 62.8 Å². The highest BCUT2D eigenvalue weighted by Gasteiger charge is 2.37. The lowest BCUT2D eigenvalue weighted by Crippen LogP contribution is -2.52. The summed E-state index contributed by atoms with van der Waals surface area (Å²) in [6, 6.07) is 4.60. The molecular weight excluding hydrogens is 519 g/mol. The molecule has 3 rings (SSSR count). The van der Waals surface area contributed by atoms with Gasteiger partial charge in [0.2, 0.25) is 5.92 Å². The van der Waals surface area contributed by atoms with Crippen LogP contribution < -0.4 is 10.6 Å². The number of likely N-dealkylation sites (N-methyl/N-ethyl adjacent to an activating group) is 1. The zero-order valence-electron chi connectivity index (χ0n) is 22.6. The predicted octanol–water partition coefficient (Wildman–Crippen LogP) is 6.19. The summed E-state index contributed by atoms with van der Waals surface area (Å²) >= 11 is 6.09. The number of nitrogens with zero attached hydrogens (tertiary/aromatic N) is 1. The molecule has 1 saturated heterocycles. The normalized spacial score (nSPS) is 21.7. The number of halogens is 4. The molecule has 216 valence electrons. The van der Waals surface area contributed by atoms with Crippen molar-refractivity contribution in [1.29, 1.82) is 0 Å². The van der Waals surface area contributed by atoms with E-state index in [9.17, 15) is 13.6 Å². The lowest BCUT2D eigenvalue weighted by atomic mass is 9.83. The third-order valence-corrected chi connectivity index (χ3v) is 7.92. The van der Waals surface area contributed by atoms with Gasteiger partial charge in [0.15, 0.2) is 0 Å².